The minimum atomic E-state index is -0.426. The SMILES string of the molecule is CCN1CCc2c(sc(NC(=O)C(C)(C)C)c2-c2nc3ccccc3s2)C1.Cl. The maximum absolute atomic E-state index is 12.7. The zero-order valence-electron chi connectivity index (χ0n) is 16.7. The molecule has 1 aliphatic rings. The van der Waals surface area contributed by atoms with Crippen LogP contribution in [0.1, 0.15) is 38.1 Å². The number of carbonyl (C=O) groups excluding carboxylic acids is 1. The topological polar surface area (TPSA) is 45.2 Å². The summed E-state index contributed by atoms with van der Waals surface area (Å²) in [5.74, 6) is 0.0517. The number of amides is 1. The number of aromatic nitrogens is 1. The molecule has 2 aromatic heterocycles. The smallest absolute Gasteiger partial charge is 0.230 e. The molecule has 1 amide bonds. The lowest BCUT2D eigenvalue weighted by Crippen LogP contribution is -2.29. The molecular formula is C21H26ClN3OS2. The van der Waals surface area contributed by atoms with E-state index in [1.807, 2.05) is 26.8 Å². The van der Waals surface area contributed by atoms with E-state index in [1.165, 1.54) is 15.1 Å². The Labute approximate surface area is 180 Å². The number of hydrogen-bond donors (Lipinski definition) is 1. The molecule has 0 atom stereocenters. The van der Waals surface area contributed by atoms with Crippen molar-refractivity contribution in [3.8, 4) is 10.6 Å². The molecule has 150 valence electrons. The molecule has 0 aliphatic carbocycles. The Morgan fingerprint density at radius 1 is 1.25 bits per heavy atom. The highest BCUT2D eigenvalue weighted by Gasteiger charge is 2.29. The van der Waals surface area contributed by atoms with Crippen LogP contribution in [0.2, 0.25) is 0 Å². The van der Waals surface area contributed by atoms with E-state index in [4.69, 9.17) is 4.98 Å². The molecule has 4 rings (SSSR count). The number of para-hydroxylation sites is 1. The van der Waals surface area contributed by atoms with Crippen LogP contribution in [0, 0.1) is 5.41 Å². The molecule has 1 aromatic carbocycles. The molecule has 4 nitrogen and oxygen atoms in total. The summed E-state index contributed by atoms with van der Waals surface area (Å²) in [6, 6.07) is 8.24. The van der Waals surface area contributed by atoms with E-state index in [0.29, 0.717) is 0 Å². The van der Waals surface area contributed by atoms with Crippen molar-refractivity contribution >= 4 is 56.2 Å². The number of rotatable bonds is 3. The van der Waals surface area contributed by atoms with Crippen LogP contribution in [0.5, 0.6) is 0 Å². The fourth-order valence-electron chi connectivity index (χ4n) is 3.31. The predicted octanol–water partition coefficient (Wildman–Crippen LogP) is 5.81. The van der Waals surface area contributed by atoms with Crippen LogP contribution in [0.25, 0.3) is 20.8 Å². The van der Waals surface area contributed by atoms with Gasteiger partial charge in [0.25, 0.3) is 0 Å². The number of benzene rings is 1. The van der Waals surface area contributed by atoms with Gasteiger partial charge in [-0.25, -0.2) is 4.98 Å². The van der Waals surface area contributed by atoms with E-state index in [-0.39, 0.29) is 18.3 Å². The molecule has 0 saturated heterocycles. The number of anilines is 1. The van der Waals surface area contributed by atoms with Gasteiger partial charge in [0.1, 0.15) is 10.0 Å². The van der Waals surface area contributed by atoms with Crippen LogP contribution >= 0.6 is 35.1 Å². The maximum atomic E-state index is 12.7. The zero-order valence-corrected chi connectivity index (χ0v) is 19.1. The number of likely N-dealkylation sites (N-methyl/N-ethyl adjacent to an activating group) is 1. The third-order valence-corrected chi connectivity index (χ3v) is 7.19. The highest BCUT2D eigenvalue weighted by atomic mass is 35.5. The third kappa shape index (κ3) is 3.96. The van der Waals surface area contributed by atoms with E-state index in [9.17, 15) is 4.79 Å². The number of thiazole rings is 1. The van der Waals surface area contributed by atoms with Gasteiger partial charge in [-0.15, -0.1) is 35.1 Å². The Morgan fingerprint density at radius 2 is 2.00 bits per heavy atom. The standard InChI is InChI=1S/C21H25N3OS2.ClH/c1-5-24-11-10-13-16(12-24)27-19(23-20(25)21(2,3)4)17(13)18-22-14-8-6-7-9-15(14)26-18;/h6-9H,5,10-12H2,1-4H3,(H,23,25);1H. The van der Waals surface area contributed by atoms with Gasteiger partial charge in [0.05, 0.1) is 10.2 Å². The molecule has 3 aromatic rings. The fraction of sp³-hybridized carbons (Fsp3) is 0.429. The van der Waals surface area contributed by atoms with Crippen molar-refractivity contribution in [2.75, 3.05) is 18.4 Å². The monoisotopic (exact) mass is 435 g/mol. The van der Waals surface area contributed by atoms with Crippen LogP contribution in [-0.2, 0) is 17.8 Å². The number of carbonyl (C=O) groups is 1. The summed E-state index contributed by atoms with van der Waals surface area (Å²) >= 11 is 3.44. The second-order valence-electron chi connectivity index (χ2n) is 8.02. The Kier molecular flexibility index (Phi) is 6.15. The first-order valence-electron chi connectivity index (χ1n) is 9.41. The number of halogens is 1. The summed E-state index contributed by atoms with van der Waals surface area (Å²) < 4.78 is 1.19. The van der Waals surface area contributed by atoms with E-state index in [0.717, 1.165) is 47.1 Å². The largest absolute Gasteiger partial charge is 0.317 e. The number of nitrogens with one attached hydrogen (secondary N) is 1. The highest BCUT2D eigenvalue weighted by Crippen LogP contribution is 2.46. The number of thiophene rings is 1. The van der Waals surface area contributed by atoms with Gasteiger partial charge in [0.2, 0.25) is 5.91 Å². The molecule has 3 heterocycles. The first-order valence-corrected chi connectivity index (χ1v) is 11.0. The molecule has 1 N–H and O–H groups in total. The average molecular weight is 436 g/mol. The Morgan fingerprint density at radius 3 is 2.68 bits per heavy atom. The van der Waals surface area contributed by atoms with Crippen molar-refractivity contribution in [3.63, 3.8) is 0 Å². The summed E-state index contributed by atoms with van der Waals surface area (Å²) in [6.45, 7) is 11.1. The van der Waals surface area contributed by atoms with Crippen molar-refractivity contribution in [2.45, 2.75) is 40.7 Å². The predicted molar refractivity (Wildman–Crippen MR) is 123 cm³/mol. The minimum absolute atomic E-state index is 0. The van der Waals surface area contributed by atoms with Gasteiger partial charge in [-0.1, -0.05) is 39.8 Å². The summed E-state index contributed by atoms with van der Waals surface area (Å²) in [7, 11) is 0. The summed E-state index contributed by atoms with van der Waals surface area (Å²) in [5, 5.41) is 5.18. The summed E-state index contributed by atoms with van der Waals surface area (Å²) in [6.07, 6.45) is 1.01. The molecule has 28 heavy (non-hydrogen) atoms. The van der Waals surface area contributed by atoms with Gasteiger partial charge in [0.15, 0.2) is 0 Å². The van der Waals surface area contributed by atoms with E-state index >= 15 is 0 Å². The van der Waals surface area contributed by atoms with E-state index in [2.05, 4.69) is 35.3 Å². The van der Waals surface area contributed by atoms with Crippen LogP contribution in [-0.4, -0.2) is 28.9 Å². The number of nitrogens with zero attached hydrogens (tertiary/aromatic N) is 2. The summed E-state index contributed by atoms with van der Waals surface area (Å²) in [4.78, 5) is 21.4. The summed E-state index contributed by atoms with van der Waals surface area (Å²) in [5.41, 5.74) is 3.11. The van der Waals surface area contributed by atoms with Crippen molar-refractivity contribution in [2.24, 2.45) is 5.41 Å². The number of hydrogen-bond acceptors (Lipinski definition) is 5. The number of fused-ring (bicyclic) bond motifs is 2. The molecule has 0 saturated carbocycles. The van der Waals surface area contributed by atoms with Gasteiger partial charge < -0.3 is 5.32 Å². The Balaban J connectivity index is 0.00000225. The minimum Gasteiger partial charge on any atom is -0.317 e. The van der Waals surface area contributed by atoms with Crippen molar-refractivity contribution in [1.82, 2.24) is 9.88 Å². The maximum Gasteiger partial charge on any atom is 0.230 e. The Hall–Kier alpha value is -1.47. The molecule has 7 heteroatoms. The lowest BCUT2D eigenvalue weighted by molar-refractivity contribution is -0.123. The molecule has 0 radical (unpaired) electrons. The van der Waals surface area contributed by atoms with Gasteiger partial charge in [0, 0.05) is 28.9 Å². The van der Waals surface area contributed by atoms with Crippen molar-refractivity contribution in [1.29, 1.82) is 0 Å². The molecule has 1 aliphatic heterocycles. The van der Waals surface area contributed by atoms with Gasteiger partial charge in [-0.05, 0) is 30.7 Å². The van der Waals surface area contributed by atoms with Crippen molar-refractivity contribution in [3.05, 3.63) is 34.7 Å². The first-order chi connectivity index (χ1) is 12.9. The fourth-order valence-corrected chi connectivity index (χ4v) is 5.71. The molecule has 0 spiro atoms. The lowest BCUT2D eigenvalue weighted by Gasteiger charge is -2.25. The molecule has 0 bridgehead atoms. The van der Waals surface area contributed by atoms with Crippen LogP contribution in [0.3, 0.4) is 0 Å². The van der Waals surface area contributed by atoms with Gasteiger partial charge >= 0.3 is 0 Å². The second kappa shape index (κ2) is 8.11. The van der Waals surface area contributed by atoms with E-state index < -0.39 is 5.41 Å². The van der Waals surface area contributed by atoms with Crippen LogP contribution in [0.15, 0.2) is 24.3 Å². The van der Waals surface area contributed by atoms with Crippen LogP contribution in [0.4, 0.5) is 5.00 Å². The zero-order chi connectivity index (χ0) is 19.2. The van der Waals surface area contributed by atoms with Gasteiger partial charge in [-0.3, -0.25) is 9.69 Å². The molecule has 0 fully saturated rings. The average Bonchev–Trinajstić information content (AvgIpc) is 3.20. The lowest BCUT2D eigenvalue weighted by atomic mass is 9.95. The molecular weight excluding hydrogens is 410 g/mol. The second-order valence-corrected chi connectivity index (χ2v) is 10.2. The van der Waals surface area contributed by atoms with Gasteiger partial charge in [-0.2, -0.15) is 0 Å². The quantitative estimate of drug-likeness (QED) is 0.564. The van der Waals surface area contributed by atoms with Crippen molar-refractivity contribution < 1.29 is 4.79 Å². The van der Waals surface area contributed by atoms with E-state index in [1.54, 1.807) is 22.7 Å². The highest BCUT2D eigenvalue weighted by molar-refractivity contribution is 7.22. The van der Waals surface area contributed by atoms with Crippen LogP contribution < -0.4 is 5.32 Å². The third-order valence-electron chi connectivity index (χ3n) is 5.00. The normalized spacial score (nSPS) is 14.6. The first kappa shape index (κ1) is 21.2. The molecule has 0 unspecified atom stereocenters. The Bertz CT molecular complexity index is 970.